The van der Waals surface area contributed by atoms with E-state index in [4.69, 9.17) is 24.2 Å². The molecule has 6 amide bonds. The number of amides is 6. The van der Waals surface area contributed by atoms with Gasteiger partial charge in [0.25, 0.3) is 11.8 Å². The van der Waals surface area contributed by atoms with Crippen LogP contribution in [0, 0.1) is 0 Å². The molecule has 18 nitrogen and oxygen atoms in total. The SMILES string of the molecule is C=[N+]1C(=O)C(c2nc(N3CCN(CCOCCOCCOCCNc4ccc5c(c4)C(=O)N(C4CCC(=O)NC4=O)C5=O)CC3)nc3ccccc23)=C(c2c[nH]c3ccccc23)C1=O. The second-order valence-corrected chi connectivity index (χ2v) is 15.7. The number of hydrogen-bond donors (Lipinski definition) is 3. The smallest absolute Gasteiger partial charge is 0.383 e. The molecule has 1 atom stereocenters. The molecule has 0 saturated carbocycles. The van der Waals surface area contributed by atoms with Crippen LogP contribution >= 0.6 is 0 Å². The highest BCUT2D eigenvalue weighted by Gasteiger charge is 2.47. The van der Waals surface area contributed by atoms with Crippen LogP contribution in [0.25, 0.3) is 33.0 Å². The van der Waals surface area contributed by atoms with Crippen molar-refractivity contribution in [3.8, 4) is 0 Å². The average Bonchev–Trinajstić information content (AvgIpc) is 3.91. The number of nitrogens with one attached hydrogen (secondary N) is 3. The normalized spacial score (nSPS) is 18.3. The van der Waals surface area contributed by atoms with Gasteiger partial charge in [-0.2, -0.15) is 0 Å². The zero-order valence-electron chi connectivity index (χ0n) is 35.0. The lowest BCUT2D eigenvalue weighted by Crippen LogP contribution is -2.54. The largest absolute Gasteiger partial charge is 0.430 e. The number of ether oxygens (including phenoxy) is 3. The van der Waals surface area contributed by atoms with Gasteiger partial charge in [-0.05, 0) is 36.8 Å². The minimum atomic E-state index is -1.01. The molecule has 3 aromatic carbocycles. The highest BCUT2D eigenvalue weighted by molar-refractivity contribution is 6.45. The van der Waals surface area contributed by atoms with E-state index in [1.54, 1.807) is 24.4 Å². The molecule has 9 rings (SSSR count). The molecule has 3 N–H and O–H groups in total. The summed E-state index contributed by atoms with van der Waals surface area (Å²) in [5.41, 5.74) is 4.09. The summed E-state index contributed by atoms with van der Waals surface area (Å²) in [5.74, 6) is -2.66. The maximum atomic E-state index is 13.7. The summed E-state index contributed by atoms with van der Waals surface area (Å²) in [6.45, 7) is 10.4. The maximum Gasteiger partial charge on any atom is 0.430 e. The van der Waals surface area contributed by atoms with E-state index in [0.717, 1.165) is 40.0 Å². The zero-order valence-corrected chi connectivity index (χ0v) is 35.0. The molecule has 2 saturated heterocycles. The molecule has 1 unspecified atom stereocenters. The van der Waals surface area contributed by atoms with Gasteiger partial charge in [0, 0.05) is 79.4 Å². The molecule has 18 heteroatoms. The van der Waals surface area contributed by atoms with Gasteiger partial charge in [-0.25, -0.2) is 19.6 Å². The number of aromatic nitrogens is 3. The highest BCUT2D eigenvalue weighted by Crippen LogP contribution is 2.39. The number of para-hydroxylation sites is 2. The van der Waals surface area contributed by atoms with Gasteiger partial charge in [0.05, 0.1) is 62.0 Å². The number of aromatic amines is 1. The van der Waals surface area contributed by atoms with Crippen LogP contribution < -0.4 is 15.5 Å². The third-order valence-corrected chi connectivity index (χ3v) is 11.8. The van der Waals surface area contributed by atoms with Crippen molar-refractivity contribution in [1.29, 1.82) is 0 Å². The second kappa shape index (κ2) is 18.4. The fraction of sp³-hybridized carbons (Fsp3) is 0.326. The number of benzene rings is 3. The van der Waals surface area contributed by atoms with Crippen LogP contribution in [-0.4, -0.2) is 156 Å². The number of carbonyl (C=O) groups is 6. The van der Waals surface area contributed by atoms with Crippen molar-refractivity contribution in [2.24, 2.45) is 0 Å². The van der Waals surface area contributed by atoms with Gasteiger partial charge >= 0.3 is 11.8 Å². The van der Waals surface area contributed by atoms with E-state index in [0.29, 0.717) is 93.1 Å². The molecule has 6 heterocycles. The summed E-state index contributed by atoms with van der Waals surface area (Å²) < 4.78 is 18.1. The Morgan fingerprint density at radius 3 is 2.20 bits per heavy atom. The summed E-state index contributed by atoms with van der Waals surface area (Å²) in [7, 11) is 0. The van der Waals surface area contributed by atoms with Crippen LogP contribution in [0.15, 0.2) is 72.9 Å². The Bertz CT molecular complexity index is 2760. The maximum absolute atomic E-state index is 13.7. The molecule has 4 aliphatic heterocycles. The Hall–Kier alpha value is -6.99. The fourth-order valence-electron chi connectivity index (χ4n) is 8.48. The number of fused-ring (bicyclic) bond motifs is 3. The van der Waals surface area contributed by atoms with E-state index in [1.165, 1.54) is 0 Å². The number of imide groups is 3. The number of carbonyl (C=O) groups excluding carboxylic acids is 6. The predicted octanol–water partition coefficient (Wildman–Crippen LogP) is 2.49. The molecule has 64 heavy (non-hydrogen) atoms. The van der Waals surface area contributed by atoms with Crippen molar-refractivity contribution in [2.75, 3.05) is 89.1 Å². The summed E-state index contributed by atoms with van der Waals surface area (Å²) in [4.78, 5) is 95.6. The van der Waals surface area contributed by atoms with Crippen LogP contribution in [0.2, 0.25) is 0 Å². The van der Waals surface area contributed by atoms with Gasteiger partial charge in [0.2, 0.25) is 17.8 Å². The first-order valence-corrected chi connectivity index (χ1v) is 21.2. The number of piperidine rings is 1. The number of rotatable bonds is 17. The third kappa shape index (κ3) is 8.30. The molecule has 0 bridgehead atoms. The predicted molar refractivity (Wildman–Crippen MR) is 235 cm³/mol. The molecule has 0 spiro atoms. The number of nitrogens with zero attached hydrogens (tertiary/aromatic N) is 6. The zero-order chi connectivity index (χ0) is 44.3. The van der Waals surface area contributed by atoms with Crippen molar-refractivity contribution in [3.05, 3.63) is 95.3 Å². The van der Waals surface area contributed by atoms with Gasteiger partial charge in [-0.15, -0.1) is 0 Å². The Labute approximate surface area is 366 Å². The number of anilines is 2. The number of hydrogen-bond acceptors (Lipinski definition) is 14. The lowest BCUT2D eigenvalue weighted by atomic mass is 9.97. The molecular formula is C46H46N9O9+. The van der Waals surface area contributed by atoms with E-state index in [9.17, 15) is 28.8 Å². The van der Waals surface area contributed by atoms with Crippen LogP contribution in [-0.2, 0) is 33.4 Å². The topological polar surface area (TPSA) is 208 Å². The first-order valence-electron chi connectivity index (χ1n) is 21.2. The van der Waals surface area contributed by atoms with Gasteiger partial charge in [0.1, 0.15) is 23.9 Å². The lowest BCUT2D eigenvalue weighted by Gasteiger charge is -2.34. The molecule has 2 aromatic heterocycles. The van der Waals surface area contributed by atoms with E-state index < -0.39 is 41.5 Å². The Balaban J connectivity index is 0.690. The minimum Gasteiger partial charge on any atom is -0.383 e. The average molecular weight is 869 g/mol. The fourth-order valence-corrected chi connectivity index (χ4v) is 8.48. The molecule has 0 radical (unpaired) electrons. The number of H-pyrrole nitrogens is 1. The second-order valence-electron chi connectivity index (χ2n) is 15.7. The Kier molecular flexibility index (Phi) is 12.2. The van der Waals surface area contributed by atoms with Gasteiger partial charge in [-0.3, -0.25) is 34.3 Å². The monoisotopic (exact) mass is 868 g/mol. The molecular weight excluding hydrogens is 823 g/mol. The molecule has 0 aliphatic carbocycles. The van der Waals surface area contributed by atoms with Crippen molar-refractivity contribution >= 4 is 86.7 Å². The van der Waals surface area contributed by atoms with Crippen LogP contribution in [0.3, 0.4) is 0 Å². The summed E-state index contributed by atoms with van der Waals surface area (Å²) in [6.07, 6.45) is 1.92. The van der Waals surface area contributed by atoms with E-state index in [2.05, 4.69) is 32.1 Å². The van der Waals surface area contributed by atoms with Crippen LogP contribution in [0.4, 0.5) is 11.6 Å². The molecule has 328 valence electrons. The van der Waals surface area contributed by atoms with Gasteiger partial charge in [0.15, 0.2) is 0 Å². The Morgan fingerprint density at radius 1 is 0.734 bits per heavy atom. The first-order chi connectivity index (χ1) is 31.2. The van der Waals surface area contributed by atoms with E-state index in [-0.39, 0.29) is 35.1 Å². The summed E-state index contributed by atoms with van der Waals surface area (Å²) >= 11 is 0. The number of piperazine rings is 1. The molecule has 2 fully saturated rings. The van der Waals surface area contributed by atoms with Crippen molar-refractivity contribution in [2.45, 2.75) is 18.9 Å². The minimum absolute atomic E-state index is 0.0643. The van der Waals surface area contributed by atoms with E-state index in [1.807, 2.05) is 48.5 Å². The van der Waals surface area contributed by atoms with Crippen LogP contribution in [0.5, 0.6) is 0 Å². The third-order valence-electron chi connectivity index (χ3n) is 11.8. The standard InChI is InChI=1S/C46H45N9O9/c1-52-44(60)38(33-27-48-34-8-4-2-6-29(33)34)39(45(52)61)40-31-7-3-5-9-35(31)49-46(51-40)54-17-15-53(16-18-54)19-21-63-23-25-64-24-22-62-20-14-47-28-10-11-30-32(26-28)43(59)55(42(30)58)36-12-13-37(56)50-41(36)57/h2-11,26-27,36H,1,12-25H2,(H2-,47,48,49,50,51,56,57,58,61)/p+1. The lowest BCUT2D eigenvalue weighted by molar-refractivity contribution is -0.360. The van der Waals surface area contributed by atoms with Gasteiger partial charge < -0.3 is 29.4 Å². The summed E-state index contributed by atoms with van der Waals surface area (Å²) in [5, 5.41) is 6.88. The summed E-state index contributed by atoms with van der Waals surface area (Å²) in [6, 6.07) is 19.0. The van der Waals surface area contributed by atoms with Crippen LogP contribution in [0.1, 0.15) is 44.8 Å². The van der Waals surface area contributed by atoms with Crippen molar-refractivity contribution in [3.63, 3.8) is 0 Å². The first kappa shape index (κ1) is 42.3. The quantitative estimate of drug-likeness (QED) is 0.0698. The van der Waals surface area contributed by atoms with Crippen molar-refractivity contribution in [1.82, 2.24) is 30.1 Å². The van der Waals surface area contributed by atoms with Gasteiger partial charge in [-0.1, -0.05) is 41.0 Å². The molecule has 4 aliphatic rings. The highest BCUT2D eigenvalue weighted by atomic mass is 16.5. The molecule has 5 aromatic rings. The Morgan fingerprint density at radius 2 is 1.42 bits per heavy atom. The van der Waals surface area contributed by atoms with Crippen molar-refractivity contribution < 1.29 is 47.6 Å². The van der Waals surface area contributed by atoms with E-state index >= 15 is 0 Å².